The molecule has 134 valence electrons. The average Bonchev–Trinajstić information content (AvgIpc) is 2.87. The number of halogens is 2. The molecule has 0 unspecified atom stereocenters. The lowest BCUT2D eigenvalue weighted by atomic mass is 10.1. The zero-order valence-corrected chi connectivity index (χ0v) is 16.3. The van der Waals surface area contributed by atoms with Crippen molar-refractivity contribution in [1.29, 1.82) is 0 Å². The van der Waals surface area contributed by atoms with Crippen LogP contribution in [-0.2, 0) is 6.54 Å². The molecule has 6 heteroatoms. The number of carbonyl (C=O) groups excluding carboxylic acids is 1. The third-order valence-corrected chi connectivity index (χ3v) is 4.98. The monoisotopic (exact) mass is 387 g/mol. The molecule has 0 saturated carbocycles. The van der Waals surface area contributed by atoms with Gasteiger partial charge >= 0.3 is 0 Å². The molecule has 0 aliphatic rings. The Kier molecular flexibility index (Phi) is 5.35. The topological polar surface area (TPSA) is 46.9 Å². The van der Waals surface area contributed by atoms with Gasteiger partial charge in [0.1, 0.15) is 0 Å². The largest absolute Gasteiger partial charge is 0.322 e. The van der Waals surface area contributed by atoms with Gasteiger partial charge < -0.3 is 5.32 Å². The summed E-state index contributed by atoms with van der Waals surface area (Å²) in [5, 5.41) is 8.23. The molecule has 0 spiro atoms. The van der Waals surface area contributed by atoms with Gasteiger partial charge in [0.2, 0.25) is 0 Å². The third-order valence-electron chi connectivity index (χ3n) is 4.24. The first-order valence-corrected chi connectivity index (χ1v) is 8.96. The molecule has 1 amide bonds. The Bertz CT molecular complexity index is 962. The Labute approximate surface area is 162 Å². The van der Waals surface area contributed by atoms with Crippen LogP contribution in [0.4, 0.5) is 5.69 Å². The average molecular weight is 388 g/mol. The summed E-state index contributed by atoms with van der Waals surface area (Å²) < 4.78 is 1.85. The lowest BCUT2D eigenvalue weighted by molar-refractivity contribution is 0.102. The van der Waals surface area contributed by atoms with Crippen molar-refractivity contribution in [3.8, 4) is 0 Å². The molecule has 4 nitrogen and oxygen atoms in total. The van der Waals surface area contributed by atoms with E-state index in [1.54, 1.807) is 18.2 Å². The minimum Gasteiger partial charge on any atom is -0.322 e. The van der Waals surface area contributed by atoms with Crippen LogP contribution in [0.2, 0.25) is 10.0 Å². The summed E-state index contributed by atoms with van der Waals surface area (Å²) in [6.07, 6.45) is 0. The van der Waals surface area contributed by atoms with Crippen LogP contribution in [0, 0.1) is 20.8 Å². The van der Waals surface area contributed by atoms with Gasteiger partial charge in [-0.25, -0.2) is 0 Å². The molecule has 3 aromatic rings. The molecule has 1 N–H and O–H groups in total. The summed E-state index contributed by atoms with van der Waals surface area (Å²) in [5.74, 6) is -0.214. The molecular formula is C20H19Cl2N3O. The first-order chi connectivity index (χ1) is 12.3. The highest BCUT2D eigenvalue weighted by Gasteiger charge is 2.19. The van der Waals surface area contributed by atoms with Crippen LogP contribution in [0.3, 0.4) is 0 Å². The summed E-state index contributed by atoms with van der Waals surface area (Å²) in [6, 6.07) is 13.3. The number of anilines is 1. The molecule has 0 aliphatic carbocycles. The highest BCUT2D eigenvalue weighted by atomic mass is 35.5. The van der Waals surface area contributed by atoms with Crippen molar-refractivity contribution in [1.82, 2.24) is 9.78 Å². The number of hydrogen-bond donors (Lipinski definition) is 1. The van der Waals surface area contributed by atoms with E-state index in [0.717, 1.165) is 11.3 Å². The molecule has 0 saturated heterocycles. The summed E-state index contributed by atoms with van der Waals surface area (Å²) in [4.78, 5) is 12.7. The molecule has 0 fully saturated rings. The number of benzene rings is 2. The first kappa shape index (κ1) is 18.5. The van der Waals surface area contributed by atoms with Gasteiger partial charge in [-0.05, 0) is 44.5 Å². The molecular weight excluding hydrogens is 369 g/mol. The van der Waals surface area contributed by atoms with E-state index in [9.17, 15) is 4.79 Å². The second-order valence-electron chi connectivity index (χ2n) is 6.27. The van der Waals surface area contributed by atoms with Crippen molar-refractivity contribution in [3.05, 3.63) is 80.6 Å². The Morgan fingerprint density at radius 3 is 2.38 bits per heavy atom. The summed E-state index contributed by atoms with van der Waals surface area (Å²) in [7, 11) is 0. The van der Waals surface area contributed by atoms with Crippen LogP contribution in [0.5, 0.6) is 0 Å². The van der Waals surface area contributed by atoms with Gasteiger partial charge in [0.25, 0.3) is 5.91 Å². The Morgan fingerprint density at radius 1 is 1.04 bits per heavy atom. The van der Waals surface area contributed by atoms with Gasteiger partial charge in [-0.15, -0.1) is 0 Å². The number of carbonyl (C=O) groups is 1. The predicted octanol–water partition coefficient (Wildman–Crippen LogP) is 5.42. The van der Waals surface area contributed by atoms with Crippen molar-refractivity contribution in [3.63, 3.8) is 0 Å². The van der Waals surface area contributed by atoms with Crippen molar-refractivity contribution in [2.24, 2.45) is 0 Å². The Morgan fingerprint density at radius 2 is 1.73 bits per heavy atom. The van der Waals surface area contributed by atoms with Crippen LogP contribution in [-0.4, -0.2) is 15.7 Å². The number of nitrogens with one attached hydrogen (secondary N) is 1. The molecule has 0 atom stereocenters. The maximum absolute atomic E-state index is 12.7. The maximum atomic E-state index is 12.7. The van der Waals surface area contributed by atoms with Crippen LogP contribution >= 0.6 is 23.2 Å². The van der Waals surface area contributed by atoms with E-state index in [4.69, 9.17) is 23.2 Å². The van der Waals surface area contributed by atoms with Crippen LogP contribution in [0.15, 0.2) is 42.5 Å². The minimum absolute atomic E-state index is 0.214. The minimum atomic E-state index is -0.214. The quantitative estimate of drug-likeness (QED) is 0.649. The number of aromatic nitrogens is 2. The summed E-state index contributed by atoms with van der Waals surface area (Å²) in [6.45, 7) is 6.41. The van der Waals surface area contributed by atoms with Gasteiger partial charge in [0.15, 0.2) is 0 Å². The molecule has 2 aromatic carbocycles. The molecule has 0 aliphatic heterocycles. The zero-order valence-electron chi connectivity index (χ0n) is 14.8. The van der Waals surface area contributed by atoms with E-state index in [1.807, 2.05) is 18.5 Å². The fraction of sp³-hybridized carbons (Fsp3) is 0.200. The fourth-order valence-electron chi connectivity index (χ4n) is 2.81. The van der Waals surface area contributed by atoms with E-state index in [-0.39, 0.29) is 5.91 Å². The highest BCUT2D eigenvalue weighted by Crippen LogP contribution is 2.26. The van der Waals surface area contributed by atoms with E-state index < -0.39 is 0 Å². The number of amides is 1. The van der Waals surface area contributed by atoms with Crippen LogP contribution in [0.25, 0.3) is 0 Å². The van der Waals surface area contributed by atoms with Crippen LogP contribution in [0.1, 0.15) is 32.9 Å². The van der Waals surface area contributed by atoms with Crippen molar-refractivity contribution in [2.75, 3.05) is 5.32 Å². The van der Waals surface area contributed by atoms with E-state index >= 15 is 0 Å². The second-order valence-corrected chi connectivity index (χ2v) is 7.09. The second kappa shape index (κ2) is 7.52. The third kappa shape index (κ3) is 3.92. The fourth-order valence-corrected chi connectivity index (χ4v) is 3.11. The standard InChI is InChI=1S/C20H19Cl2N3O/c1-12-4-6-15(7-5-12)11-25-14(3)19(13(2)24-25)20(26)23-16-8-9-17(21)18(22)10-16/h4-10H,11H2,1-3H3,(H,23,26). The van der Waals surface area contributed by atoms with Crippen molar-refractivity contribution >= 4 is 34.8 Å². The number of rotatable bonds is 4. The maximum Gasteiger partial charge on any atom is 0.259 e. The lowest BCUT2D eigenvalue weighted by Gasteiger charge is -2.08. The molecule has 3 rings (SSSR count). The molecule has 0 radical (unpaired) electrons. The van der Waals surface area contributed by atoms with Gasteiger partial charge in [-0.1, -0.05) is 53.0 Å². The molecule has 1 heterocycles. The normalized spacial score (nSPS) is 10.8. The van der Waals surface area contributed by atoms with Gasteiger partial charge in [-0.3, -0.25) is 9.48 Å². The number of hydrogen-bond acceptors (Lipinski definition) is 2. The lowest BCUT2D eigenvalue weighted by Crippen LogP contribution is -2.14. The van der Waals surface area contributed by atoms with Gasteiger partial charge in [0, 0.05) is 11.4 Å². The van der Waals surface area contributed by atoms with E-state index in [2.05, 4.69) is 41.6 Å². The Hall–Kier alpha value is -2.30. The highest BCUT2D eigenvalue weighted by molar-refractivity contribution is 6.42. The zero-order chi connectivity index (χ0) is 18.8. The van der Waals surface area contributed by atoms with Crippen molar-refractivity contribution < 1.29 is 4.79 Å². The van der Waals surface area contributed by atoms with Crippen LogP contribution < -0.4 is 5.32 Å². The SMILES string of the molecule is Cc1ccc(Cn2nc(C)c(C(=O)Nc3ccc(Cl)c(Cl)c3)c2C)cc1. The molecule has 1 aromatic heterocycles. The van der Waals surface area contributed by atoms with Gasteiger partial charge in [0.05, 0.1) is 27.8 Å². The predicted molar refractivity (Wildman–Crippen MR) is 106 cm³/mol. The Balaban J connectivity index is 1.83. The van der Waals surface area contributed by atoms with Crippen molar-refractivity contribution in [2.45, 2.75) is 27.3 Å². The summed E-state index contributed by atoms with van der Waals surface area (Å²) in [5.41, 5.74) is 5.02. The number of aryl methyl sites for hydroxylation is 2. The summed E-state index contributed by atoms with van der Waals surface area (Å²) >= 11 is 11.9. The smallest absolute Gasteiger partial charge is 0.259 e. The molecule has 26 heavy (non-hydrogen) atoms. The first-order valence-electron chi connectivity index (χ1n) is 8.21. The molecule has 0 bridgehead atoms. The van der Waals surface area contributed by atoms with E-state index in [0.29, 0.717) is 33.5 Å². The van der Waals surface area contributed by atoms with Gasteiger partial charge in [-0.2, -0.15) is 5.10 Å². The number of nitrogens with zero attached hydrogens (tertiary/aromatic N) is 2. The van der Waals surface area contributed by atoms with E-state index in [1.165, 1.54) is 5.56 Å².